The minimum absolute atomic E-state index is 0.0780. The summed E-state index contributed by atoms with van der Waals surface area (Å²) in [5.41, 5.74) is 0. The molecule has 1 unspecified atom stereocenters. The number of hydrogen-bond acceptors (Lipinski definition) is 5. The van der Waals surface area contributed by atoms with Crippen molar-refractivity contribution in [1.29, 1.82) is 0 Å². The molecule has 0 aliphatic rings. The molecule has 5 nitrogen and oxygen atoms in total. The predicted molar refractivity (Wildman–Crippen MR) is 69.4 cm³/mol. The van der Waals surface area contributed by atoms with Crippen LogP contribution in [0.25, 0.3) is 0 Å². The Bertz CT molecular complexity index is 415. The first-order valence-corrected chi connectivity index (χ1v) is 6.27. The molecule has 0 heterocycles. The molecule has 0 amide bonds. The molecule has 1 aromatic rings. The largest absolute Gasteiger partial charge is 0.573 e. The van der Waals surface area contributed by atoms with Gasteiger partial charge in [-0.1, -0.05) is 12.1 Å². The van der Waals surface area contributed by atoms with Crippen LogP contribution in [0.4, 0.5) is 13.2 Å². The van der Waals surface area contributed by atoms with Crippen molar-refractivity contribution in [3.8, 4) is 11.5 Å². The maximum absolute atomic E-state index is 12.2. The van der Waals surface area contributed by atoms with Crippen molar-refractivity contribution in [3.63, 3.8) is 0 Å². The summed E-state index contributed by atoms with van der Waals surface area (Å²) in [6, 6.07) is 5.40. The van der Waals surface area contributed by atoms with E-state index in [1.165, 1.54) is 18.2 Å². The maximum Gasteiger partial charge on any atom is 0.573 e. The summed E-state index contributed by atoms with van der Waals surface area (Å²) in [5.74, 6) is -0.518. The molecule has 0 saturated carbocycles. The second-order valence-electron chi connectivity index (χ2n) is 4.16. The van der Waals surface area contributed by atoms with Crippen molar-refractivity contribution >= 4 is 0 Å². The Hall–Kier alpha value is -1.51. The standard InChI is InChI=1S/C13H18F3NO4/c1-19-7-6-17-8-10(18)9-20-11-4-2-3-5-12(11)21-13(14,15)16/h2-5,10,17-18H,6-9H2,1H3. The van der Waals surface area contributed by atoms with Crippen molar-refractivity contribution in [2.75, 3.05) is 33.4 Å². The lowest BCUT2D eigenvalue weighted by molar-refractivity contribution is -0.275. The molecule has 2 N–H and O–H groups in total. The molecule has 8 heteroatoms. The van der Waals surface area contributed by atoms with E-state index in [0.29, 0.717) is 13.2 Å². The number of rotatable bonds is 9. The van der Waals surface area contributed by atoms with E-state index in [0.717, 1.165) is 6.07 Å². The molecular formula is C13H18F3NO4. The number of aliphatic hydroxyl groups is 1. The summed E-state index contributed by atoms with van der Waals surface area (Å²) in [5, 5.41) is 12.6. The van der Waals surface area contributed by atoms with Crippen molar-refractivity contribution in [1.82, 2.24) is 5.32 Å². The summed E-state index contributed by atoms with van der Waals surface area (Å²) in [6.07, 6.45) is -5.65. The van der Waals surface area contributed by atoms with E-state index in [1.807, 2.05) is 0 Å². The van der Waals surface area contributed by atoms with Crippen LogP contribution in [0.2, 0.25) is 0 Å². The first kappa shape index (κ1) is 17.5. The number of alkyl halides is 3. The first-order chi connectivity index (χ1) is 9.92. The third-order valence-electron chi connectivity index (χ3n) is 2.37. The summed E-state index contributed by atoms with van der Waals surface area (Å²) < 4.78 is 50.4. The highest BCUT2D eigenvalue weighted by atomic mass is 19.4. The predicted octanol–water partition coefficient (Wildman–Crippen LogP) is 1.56. The Labute approximate surface area is 120 Å². The fraction of sp³-hybridized carbons (Fsp3) is 0.538. The van der Waals surface area contributed by atoms with Crippen LogP contribution in [0.5, 0.6) is 11.5 Å². The van der Waals surface area contributed by atoms with Crippen molar-refractivity contribution < 1.29 is 32.5 Å². The molecule has 0 aromatic heterocycles. The van der Waals surface area contributed by atoms with Crippen LogP contribution < -0.4 is 14.8 Å². The molecule has 120 valence electrons. The van der Waals surface area contributed by atoms with Gasteiger partial charge in [0.15, 0.2) is 11.5 Å². The van der Waals surface area contributed by atoms with Crippen molar-refractivity contribution in [2.45, 2.75) is 12.5 Å². The monoisotopic (exact) mass is 309 g/mol. The van der Waals surface area contributed by atoms with Gasteiger partial charge in [0.25, 0.3) is 0 Å². The summed E-state index contributed by atoms with van der Waals surface area (Å²) >= 11 is 0. The van der Waals surface area contributed by atoms with Gasteiger partial charge >= 0.3 is 6.36 Å². The Morgan fingerprint density at radius 1 is 1.24 bits per heavy atom. The number of ether oxygens (including phenoxy) is 3. The highest BCUT2D eigenvalue weighted by Gasteiger charge is 2.32. The van der Waals surface area contributed by atoms with Crippen LogP contribution in [-0.2, 0) is 4.74 Å². The smallest absolute Gasteiger partial charge is 0.487 e. The second kappa shape index (κ2) is 8.71. The molecule has 0 spiro atoms. The van der Waals surface area contributed by atoms with Gasteiger partial charge in [0.05, 0.1) is 6.61 Å². The Kier molecular flexibility index (Phi) is 7.27. The zero-order valence-corrected chi connectivity index (χ0v) is 11.5. The Morgan fingerprint density at radius 2 is 1.90 bits per heavy atom. The summed E-state index contributed by atoms with van der Waals surface area (Å²) in [6.45, 7) is 1.14. The number of benzene rings is 1. The van der Waals surface area contributed by atoms with Gasteiger partial charge < -0.3 is 24.6 Å². The molecule has 0 aliphatic carbocycles. The van der Waals surface area contributed by atoms with Crippen LogP contribution in [0, 0.1) is 0 Å². The lowest BCUT2D eigenvalue weighted by Gasteiger charge is -2.16. The molecule has 21 heavy (non-hydrogen) atoms. The van der Waals surface area contributed by atoms with Gasteiger partial charge in [-0.15, -0.1) is 13.2 Å². The number of aliphatic hydroxyl groups excluding tert-OH is 1. The van der Waals surface area contributed by atoms with Crippen LogP contribution in [0.15, 0.2) is 24.3 Å². The van der Waals surface area contributed by atoms with E-state index in [2.05, 4.69) is 10.1 Å². The number of para-hydroxylation sites is 2. The van der Waals surface area contributed by atoms with E-state index < -0.39 is 18.2 Å². The summed E-state index contributed by atoms with van der Waals surface area (Å²) in [7, 11) is 1.55. The van der Waals surface area contributed by atoms with Gasteiger partial charge in [0.2, 0.25) is 0 Å². The van der Waals surface area contributed by atoms with Gasteiger partial charge in [0, 0.05) is 20.2 Å². The minimum Gasteiger partial charge on any atom is -0.487 e. The lowest BCUT2D eigenvalue weighted by atomic mass is 10.3. The Morgan fingerprint density at radius 3 is 2.52 bits per heavy atom. The molecule has 0 aliphatic heterocycles. The zero-order valence-electron chi connectivity index (χ0n) is 11.5. The van der Waals surface area contributed by atoms with Crippen LogP contribution in [-0.4, -0.2) is 51.0 Å². The topological polar surface area (TPSA) is 60.0 Å². The summed E-state index contributed by atoms with van der Waals surface area (Å²) in [4.78, 5) is 0. The molecule has 1 rings (SSSR count). The normalized spacial score (nSPS) is 13.0. The van der Waals surface area contributed by atoms with Gasteiger partial charge in [-0.3, -0.25) is 0 Å². The van der Waals surface area contributed by atoms with Crippen molar-refractivity contribution in [3.05, 3.63) is 24.3 Å². The van der Waals surface area contributed by atoms with E-state index in [-0.39, 0.29) is 18.9 Å². The van der Waals surface area contributed by atoms with E-state index in [9.17, 15) is 18.3 Å². The second-order valence-corrected chi connectivity index (χ2v) is 4.16. The quantitative estimate of drug-likeness (QED) is 0.678. The van der Waals surface area contributed by atoms with E-state index in [1.54, 1.807) is 7.11 Å². The van der Waals surface area contributed by atoms with Crippen LogP contribution >= 0.6 is 0 Å². The molecule has 0 bridgehead atoms. The fourth-order valence-electron chi connectivity index (χ4n) is 1.47. The van der Waals surface area contributed by atoms with Crippen LogP contribution in [0.3, 0.4) is 0 Å². The fourth-order valence-corrected chi connectivity index (χ4v) is 1.47. The maximum atomic E-state index is 12.2. The number of nitrogens with one attached hydrogen (secondary N) is 1. The third kappa shape index (κ3) is 7.74. The Balaban J connectivity index is 2.44. The number of hydrogen-bond donors (Lipinski definition) is 2. The SMILES string of the molecule is COCCNCC(O)COc1ccccc1OC(F)(F)F. The van der Waals surface area contributed by atoms with Gasteiger partial charge in [-0.05, 0) is 12.1 Å². The third-order valence-corrected chi connectivity index (χ3v) is 2.37. The van der Waals surface area contributed by atoms with Crippen molar-refractivity contribution in [2.24, 2.45) is 0 Å². The number of methoxy groups -OCH3 is 1. The number of halogens is 3. The highest BCUT2D eigenvalue weighted by molar-refractivity contribution is 5.39. The average Bonchev–Trinajstić information content (AvgIpc) is 2.41. The zero-order chi connectivity index (χ0) is 15.7. The van der Waals surface area contributed by atoms with Crippen LogP contribution in [0.1, 0.15) is 0 Å². The molecule has 1 atom stereocenters. The molecule has 0 saturated heterocycles. The van der Waals surface area contributed by atoms with Gasteiger partial charge in [-0.2, -0.15) is 0 Å². The molecule has 1 aromatic carbocycles. The highest BCUT2D eigenvalue weighted by Crippen LogP contribution is 2.31. The molecule has 0 fully saturated rings. The first-order valence-electron chi connectivity index (χ1n) is 6.27. The molecule has 0 radical (unpaired) electrons. The van der Waals surface area contributed by atoms with E-state index >= 15 is 0 Å². The van der Waals surface area contributed by atoms with Gasteiger partial charge in [-0.25, -0.2) is 0 Å². The van der Waals surface area contributed by atoms with E-state index in [4.69, 9.17) is 9.47 Å². The van der Waals surface area contributed by atoms with Gasteiger partial charge in [0.1, 0.15) is 12.7 Å². The molecular weight excluding hydrogens is 291 g/mol. The lowest BCUT2D eigenvalue weighted by Crippen LogP contribution is -2.33. The average molecular weight is 309 g/mol. The minimum atomic E-state index is -4.79.